The fourth-order valence-corrected chi connectivity index (χ4v) is 4.06. The fraction of sp³-hybridized carbons (Fsp3) is 0.316. The van der Waals surface area contributed by atoms with Gasteiger partial charge in [0.05, 0.1) is 22.5 Å². The van der Waals surface area contributed by atoms with E-state index < -0.39 is 0 Å². The number of anilines is 1. The van der Waals surface area contributed by atoms with Gasteiger partial charge in [-0.25, -0.2) is 4.98 Å². The Bertz CT molecular complexity index is 956. The van der Waals surface area contributed by atoms with Crippen LogP contribution in [0.25, 0.3) is 21.5 Å². The Morgan fingerprint density at radius 1 is 1.50 bits per heavy atom. The molecule has 1 amide bonds. The van der Waals surface area contributed by atoms with E-state index in [2.05, 4.69) is 26.2 Å². The number of piperidine rings is 1. The van der Waals surface area contributed by atoms with Crippen LogP contribution in [0.15, 0.2) is 30.2 Å². The van der Waals surface area contributed by atoms with Crippen LogP contribution in [0.4, 0.5) is 5.69 Å². The highest BCUT2D eigenvalue weighted by molar-refractivity contribution is 7.13. The predicted octanol–water partition coefficient (Wildman–Crippen LogP) is 3.11. The highest BCUT2D eigenvalue weighted by Crippen LogP contribution is 2.36. The minimum atomic E-state index is 0.0307. The number of amides is 1. The normalized spacial score (nSPS) is 17.2. The highest BCUT2D eigenvalue weighted by Gasteiger charge is 2.24. The molecule has 0 aromatic carbocycles. The molecule has 4 rings (SSSR count). The van der Waals surface area contributed by atoms with Crippen molar-refractivity contribution in [2.45, 2.75) is 25.3 Å². The first-order chi connectivity index (χ1) is 12.8. The third kappa shape index (κ3) is 3.16. The van der Waals surface area contributed by atoms with E-state index in [4.69, 9.17) is 6.42 Å². The van der Waals surface area contributed by atoms with Gasteiger partial charge in [-0.1, -0.05) is 5.92 Å². The number of fused-ring (bicyclic) bond motifs is 1. The molecule has 6 nitrogen and oxygen atoms in total. The van der Waals surface area contributed by atoms with Crippen LogP contribution in [0.2, 0.25) is 0 Å². The van der Waals surface area contributed by atoms with E-state index in [1.54, 1.807) is 11.3 Å². The second-order valence-corrected chi connectivity index (χ2v) is 7.24. The summed E-state index contributed by atoms with van der Waals surface area (Å²) in [4.78, 5) is 27.0. The van der Waals surface area contributed by atoms with Crippen molar-refractivity contribution in [3.63, 3.8) is 0 Å². The molecular formula is C19H19N5OS. The summed E-state index contributed by atoms with van der Waals surface area (Å²) in [6.07, 6.45) is 13.0. The van der Waals surface area contributed by atoms with Crippen LogP contribution >= 0.6 is 11.3 Å². The van der Waals surface area contributed by atoms with Gasteiger partial charge in [0.25, 0.3) is 0 Å². The summed E-state index contributed by atoms with van der Waals surface area (Å²) in [5.41, 5.74) is 4.74. The van der Waals surface area contributed by atoms with Crippen LogP contribution in [0.3, 0.4) is 0 Å². The maximum atomic E-state index is 12.2. The van der Waals surface area contributed by atoms with Crippen LogP contribution in [0.5, 0.6) is 0 Å². The first-order valence-electron chi connectivity index (χ1n) is 8.59. The standard InChI is InChI=1S/C19H19N5OS/c1-2-4-17(25)24-8-3-5-13(11-24)23-18-14-6-7-21-19(14)22-9-15(18)16-10-20-12-26-16/h1,6-7,9-10,12-13H,3-5,8,11H2,(H2,21,22,23)/t13-/m1/s1. The van der Waals surface area contributed by atoms with Crippen LogP contribution in [-0.2, 0) is 4.79 Å². The van der Waals surface area contributed by atoms with Crippen molar-refractivity contribution in [2.24, 2.45) is 0 Å². The summed E-state index contributed by atoms with van der Waals surface area (Å²) in [5.74, 6) is 2.48. The number of likely N-dealkylation sites (tertiary alicyclic amines) is 1. The third-order valence-electron chi connectivity index (χ3n) is 4.66. The number of carbonyl (C=O) groups is 1. The number of aromatic amines is 1. The number of pyridine rings is 1. The minimum Gasteiger partial charge on any atom is -0.379 e. The molecular weight excluding hydrogens is 346 g/mol. The number of nitrogens with zero attached hydrogens (tertiary/aromatic N) is 3. The number of hydrogen-bond acceptors (Lipinski definition) is 5. The van der Waals surface area contributed by atoms with Crippen molar-refractivity contribution in [3.8, 4) is 22.8 Å². The molecule has 132 valence electrons. The molecule has 1 atom stereocenters. The predicted molar refractivity (Wildman–Crippen MR) is 104 cm³/mol. The van der Waals surface area contributed by atoms with E-state index in [1.165, 1.54) is 0 Å². The summed E-state index contributed by atoms with van der Waals surface area (Å²) < 4.78 is 0. The van der Waals surface area contributed by atoms with Gasteiger partial charge in [-0.05, 0) is 18.9 Å². The van der Waals surface area contributed by atoms with Gasteiger partial charge in [-0.3, -0.25) is 9.78 Å². The van der Waals surface area contributed by atoms with E-state index in [9.17, 15) is 4.79 Å². The smallest absolute Gasteiger partial charge is 0.234 e. The summed E-state index contributed by atoms with van der Waals surface area (Å²) in [6.45, 7) is 1.44. The maximum Gasteiger partial charge on any atom is 0.234 e. The molecule has 26 heavy (non-hydrogen) atoms. The molecule has 0 spiro atoms. The van der Waals surface area contributed by atoms with Gasteiger partial charge in [-0.2, -0.15) is 0 Å². The van der Waals surface area contributed by atoms with E-state index in [1.807, 2.05) is 35.1 Å². The molecule has 7 heteroatoms. The maximum absolute atomic E-state index is 12.2. The summed E-state index contributed by atoms with van der Waals surface area (Å²) in [7, 11) is 0. The molecule has 0 unspecified atom stereocenters. The number of aromatic nitrogens is 3. The monoisotopic (exact) mass is 365 g/mol. The largest absolute Gasteiger partial charge is 0.379 e. The van der Waals surface area contributed by atoms with Gasteiger partial charge in [0, 0.05) is 48.7 Å². The molecule has 0 radical (unpaired) electrons. The number of terminal acetylenes is 1. The number of hydrogen-bond donors (Lipinski definition) is 2. The lowest BCUT2D eigenvalue weighted by Gasteiger charge is -2.34. The molecule has 4 heterocycles. The van der Waals surface area contributed by atoms with E-state index >= 15 is 0 Å². The summed E-state index contributed by atoms with van der Waals surface area (Å²) in [6, 6.07) is 2.21. The van der Waals surface area contributed by atoms with Crippen LogP contribution in [-0.4, -0.2) is 44.9 Å². The number of thiazole rings is 1. The number of carbonyl (C=O) groups excluding carboxylic acids is 1. The molecule has 0 saturated carbocycles. The highest BCUT2D eigenvalue weighted by atomic mass is 32.1. The first kappa shape index (κ1) is 16.6. The first-order valence-corrected chi connectivity index (χ1v) is 9.47. The number of rotatable bonds is 4. The van der Waals surface area contributed by atoms with E-state index in [0.29, 0.717) is 6.54 Å². The Kier molecular flexibility index (Phi) is 4.59. The number of nitrogens with one attached hydrogen (secondary N) is 2. The molecule has 3 aromatic rings. The van der Waals surface area contributed by atoms with E-state index in [-0.39, 0.29) is 18.4 Å². The Balaban J connectivity index is 1.64. The topological polar surface area (TPSA) is 73.9 Å². The van der Waals surface area contributed by atoms with Gasteiger partial charge in [0.15, 0.2) is 0 Å². The van der Waals surface area contributed by atoms with Crippen molar-refractivity contribution < 1.29 is 4.79 Å². The van der Waals surface area contributed by atoms with Gasteiger partial charge in [0.1, 0.15) is 5.65 Å². The van der Waals surface area contributed by atoms with E-state index in [0.717, 1.165) is 46.5 Å². The fourth-order valence-electron chi connectivity index (χ4n) is 3.42. The molecule has 1 saturated heterocycles. The van der Waals surface area contributed by atoms with Crippen molar-refractivity contribution in [1.82, 2.24) is 19.9 Å². The zero-order valence-electron chi connectivity index (χ0n) is 14.2. The van der Waals surface area contributed by atoms with Crippen molar-refractivity contribution >= 4 is 34.0 Å². The Morgan fingerprint density at radius 2 is 2.42 bits per heavy atom. The molecule has 0 bridgehead atoms. The Hall–Kier alpha value is -2.85. The second kappa shape index (κ2) is 7.18. The molecule has 1 aliphatic rings. The molecule has 0 aliphatic carbocycles. The SMILES string of the molecule is C#CCC(=O)N1CCC[C@@H](Nc2c(-c3cncs3)cnc3[nH]ccc23)C1. The van der Waals surface area contributed by atoms with Crippen LogP contribution in [0.1, 0.15) is 19.3 Å². The average Bonchev–Trinajstić information content (AvgIpc) is 3.34. The Morgan fingerprint density at radius 3 is 3.23 bits per heavy atom. The summed E-state index contributed by atoms with van der Waals surface area (Å²) in [5, 5.41) is 4.71. The third-order valence-corrected chi connectivity index (χ3v) is 5.47. The number of H-pyrrole nitrogens is 1. The van der Waals surface area contributed by atoms with Crippen molar-refractivity contribution in [2.75, 3.05) is 18.4 Å². The van der Waals surface area contributed by atoms with Gasteiger partial charge in [-0.15, -0.1) is 17.8 Å². The zero-order valence-corrected chi connectivity index (χ0v) is 15.1. The van der Waals surface area contributed by atoms with Crippen LogP contribution < -0.4 is 5.32 Å². The molecule has 1 fully saturated rings. The van der Waals surface area contributed by atoms with Gasteiger partial charge < -0.3 is 15.2 Å². The molecule has 3 aromatic heterocycles. The summed E-state index contributed by atoms with van der Waals surface area (Å²) >= 11 is 1.59. The lowest BCUT2D eigenvalue weighted by molar-refractivity contribution is -0.131. The molecule has 1 aliphatic heterocycles. The zero-order chi connectivity index (χ0) is 17.9. The average molecular weight is 365 g/mol. The van der Waals surface area contributed by atoms with Crippen molar-refractivity contribution in [3.05, 3.63) is 30.2 Å². The lowest BCUT2D eigenvalue weighted by Crippen LogP contribution is -2.45. The molecule has 2 N–H and O–H groups in total. The Labute approximate surface area is 155 Å². The van der Waals surface area contributed by atoms with Gasteiger partial charge >= 0.3 is 0 Å². The lowest BCUT2D eigenvalue weighted by atomic mass is 10.0. The minimum absolute atomic E-state index is 0.0307. The van der Waals surface area contributed by atoms with Crippen LogP contribution in [0, 0.1) is 12.3 Å². The quantitative estimate of drug-likeness (QED) is 0.697. The van der Waals surface area contributed by atoms with Crippen molar-refractivity contribution in [1.29, 1.82) is 0 Å². The van der Waals surface area contributed by atoms with Gasteiger partial charge in [0.2, 0.25) is 5.91 Å². The second-order valence-electron chi connectivity index (χ2n) is 6.36.